The lowest BCUT2D eigenvalue weighted by molar-refractivity contribution is -0.903. The van der Waals surface area contributed by atoms with Crippen molar-refractivity contribution in [2.45, 2.75) is 32.3 Å². The molecule has 0 saturated carbocycles. The molecule has 1 fully saturated rings. The number of likely N-dealkylation sites (N-methyl/N-ethyl adjacent to an activating group) is 1. The zero-order chi connectivity index (χ0) is 17.0. The van der Waals surface area contributed by atoms with Crippen LogP contribution in [0.5, 0.6) is 0 Å². The van der Waals surface area contributed by atoms with Crippen molar-refractivity contribution in [3.63, 3.8) is 0 Å². The first-order chi connectivity index (χ1) is 10.9. The third kappa shape index (κ3) is 4.60. The summed E-state index contributed by atoms with van der Waals surface area (Å²) in [5.74, 6) is -0.0548. The Bertz CT molecular complexity index is 554. The van der Waals surface area contributed by atoms with E-state index in [1.54, 1.807) is 23.1 Å². The van der Waals surface area contributed by atoms with Crippen LogP contribution in [0.3, 0.4) is 0 Å². The first-order valence-electron chi connectivity index (χ1n) is 8.19. The van der Waals surface area contributed by atoms with E-state index in [0.29, 0.717) is 41.5 Å². The fourth-order valence-electron chi connectivity index (χ4n) is 3.08. The number of benzene rings is 1. The highest BCUT2D eigenvalue weighted by Gasteiger charge is 2.37. The van der Waals surface area contributed by atoms with Crippen LogP contribution in [0.4, 0.5) is 0 Å². The lowest BCUT2D eigenvalue weighted by atomic mass is 9.90. The zero-order valence-corrected chi connectivity index (χ0v) is 15.3. The molecule has 128 valence electrons. The van der Waals surface area contributed by atoms with E-state index >= 15 is 0 Å². The molecule has 1 aliphatic rings. The Kier molecular flexibility index (Phi) is 6.32. The number of halogens is 2. The Labute approximate surface area is 148 Å². The molecule has 1 aromatic carbocycles. The van der Waals surface area contributed by atoms with Gasteiger partial charge in [-0.3, -0.25) is 4.79 Å². The summed E-state index contributed by atoms with van der Waals surface area (Å²) in [6, 6.07) is 4.94. The monoisotopic (exact) mass is 359 g/mol. The van der Waals surface area contributed by atoms with Gasteiger partial charge in [-0.2, -0.15) is 0 Å². The van der Waals surface area contributed by atoms with Crippen LogP contribution < -0.4 is 4.90 Å². The SMILES string of the molecule is CC[NH+](CC)CC1(O)CCN(C(=O)c2ccc(Cl)c(Cl)c2)CC1. The van der Waals surface area contributed by atoms with Gasteiger partial charge < -0.3 is 14.9 Å². The molecule has 1 saturated heterocycles. The van der Waals surface area contributed by atoms with Crippen molar-refractivity contribution >= 4 is 29.1 Å². The number of hydrogen-bond donors (Lipinski definition) is 2. The number of carbonyl (C=O) groups excluding carboxylic acids is 1. The molecule has 1 amide bonds. The molecule has 2 N–H and O–H groups in total. The highest BCUT2D eigenvalue weighted by atomic mass is 35.5. The largest absolute Gasteiger partial charge is 0.384 e. The lowest BCUT2D eigenvalue weighted by Crippen LogP contribution is -3.13. The Morgan fingerprint density at radius 3 is 2.35 bits per heavy atom. The van der Waals surface area contributed by atoms with Crippen LogP contribution in [-0.4, -0.2) is 54.2 Å². The summed E-state index contributed by atoms with van der Waals surface area (Å²) >= 11 is 11.9. The smallest absolute Gasteiger partial charge is 0.253 e. The highest BCUT2D eigenvalue weighted by molar-refractivity contribution is 6.42. The number of aliphatic hydroxyl groups is 1. The average molecular weight is 360 g/mol. The molecule has 1 aromatic rings. The van der Waals surface area contributed by atoms with Gasteiger partial charge in [0, 0.05) is 18.7 Å². The van der Waals surface area contributed by atoms with E-state index in [2.05, 4.69) is 13.8 Å². The Morgan fingerprint density at radius 2 is 1.83 bits per heavy atom. The number of likely N-dealkylation sites (tertiary alicyclic amines) is 1. The molecule has 0 radical (unpaired) electrons. The molecule has 0 bridgehead atoms. The van der Waals surface area contributed by atoms with E-state index < -0.39 is 5.60 Å². The van der Waals surface area contributed by atoms with Gasteiger partial charge in [-0.15, -0.1) is 0 Å². The highest BCUT2D eigenvalue weighted by Crippen LogP contribution is 2.25. The van der Waals surface area contributed by atoms with E-state index in [0.717, 1.165) is 19.6 Å². The van der Waals surface area contributed by atoms with Crippen LogP contribution in [0.1, 0.15) is 37.0 Å². The van der Waals surface area contributed by atoms with Crippen LogP contribution in [-0.2, 0) is 0 Å². The number of rotatable bonds is 5. The van der Waals surface area contributed by atoms with E-state index in [4.69, 9.17) is 23.2 Å². The van der Waals surface area contributed by atoms with Crippen LogP contribution in [0, 0.1) is 0 Å². The van der Waals surface area contributed by atoms with Crippen molar-refractivity contribution in [2.24, 2.45) is 0 Å². The van der Waals surface area contributed by atoms with Gasteiger partial charge >= 0.3 is 0 Å². The van der Waals surface area contributed by atoms with Crippen LogP contribution in [0.2, 0.25) is 10.0 Å². The number of carbonyl (C=O) groups is 1. The molecule has 2 rings (SSSR count). The van der Waals surface area contributed by atoms with Gasteiger partial charge in [0.05, 0.1) is 23.1 Å². The lowest BCUT2D eigenvalue weighted by Gasteiger charge is -2.39. The first kappa shape index (κ1) is 18.5. The van der Waals surface area contributed by atoms with Gasteiger partial charge in [0.25, 0.3) is 5.91 Å². The van der Waals surface area contributed by atoms with Crippen molar-refractivity contribution in [1.29, 1.82) is 0 Å². The number of hydrogen-bond acceptors (Lipinski definition) is 2. The molecular weight excluding hydrogens is 335 g/mol. The van der Waals surface area contributed by atoms with Gasteiger partial charge in [0.15, 0.2) is 0 Å². The van der Waals surface area contributed by atoms with E-state index in [-0.39, 0.29) is 5.91 Å². The fraction of sp³-hybridized carbons (Fsp3) is 0.588. The second-order valence-corrected chi connectivity index (χ2v) is 7.09. The van der Waals surface area contributed by atoms with Crippen molar-refractivity contribution < 1.29 is 14.8 Å². The molecule has 0 atom stereocenters. The molecule has 1 aliphatic heterocycles. The number of piperidine rings is 1. The maximum Gasteiger partial charge on any atom is 0.253 e. The third-order valence-corrected chi connectivity index (χ3v) is 5.47. The number of nitrogens with one attached hydrogen (secondary N) is 1. The molecule has 4 nitrogen and oxygen atoms in total. The van der Waals surface area contributed by atoms with Gasteiger partial charge in [0.1, 0.15) is 12.1 Å². The van der Waals surface area contributed by atoms with Crippen LogP contribution >= 0.6 is 23.2 Å². The maximum atomic E-state index is 12.5. The number of quaternary nitrogens is 1. The quantitative estimate of drug-likeness (QED) is 0.842. The molecule has 1 heterocycles. The summed E-state index contributed by atoms with van der Waals surface area (Å²) in [4.78, 5) is 15.7. The predicted octanol–water partition coefficient (Wildman–Crippen LogP) is 1.89. The second-order valence-electron chi connectivity index (χ2n) is 6.28. The first-order valence-corrected chi connectivity index (χ1v) is 8.94. The molecule has 23 heavy (non-hydrogen) atoms. The molecule has 0 unspecified atom stereocenters. The summed E-state index contributed by atoms with van der Waals surface area (Å²) in [7, 11) is 0. The van der Waals surface area contributed by atoms with Crippen molar-refractivity contribution in [2.75, 3.05) is 32.7 Å². The normalized spacial score (nSPS) is 17.6. The fourth-order valence-corrected chi connectivity index (χ4v) is 3.38. The summed E-state index contributed by atoms with van der Waals surface area (Å²) in [6.45, 7) is 8.15. The summed E-state index contributed by atoms with van der Waals surface area (Å²) in [5.41, 5.74) is -0.130. The summed E-state index contributed by atoms with van der Waals surface area (Å²) in [5, 5.41) is 11.6. The minimum atomic E-state index is -0.671. The Balaban J connectivity index is 1.98. The van der Waals surface area contributed by atoms with E-state index in [1.165, 1.54) is 4.90 Å². The predicted molar refractivity (Wildman–Crippen MR) is 93.5 cm³/mol. The second kappa shape index (κ2) is 7.84. The Hall–Kier alpha value is -0.810. The van der Waals surface area contributed by atoms with Crippen LogP contribution in [0.15, 0.2) is 18.2 Å². The zero-order valence-electron chi connectivity index (χ0n) is 13.7. The maximum absolute atomic E-state index is 12.5. The molecular formula is C17H25Cl2N2O2+. The van der Waals surface area contributed by atoms with Crippen molar-refractivity contribution in [3.8, 4) is 0 Å². The van der Waals surface area contributed by atoms with E-state index in [9.17, 15) is 9.90 Å². The van der Waals surface area contributed by atoms with Gasteiger partial charge in [-0.1, -0.05) is 23.2 Å². The standard InChI is InChI=1S/C17H24Cl2N2O2/c1-3-20(4-2)12-17(23)7-9-21(10-8-17)16(22)13-5-6-14(18)15(19)11-13/h5-6,11,23H,3-4,7-10,12H2,1-2H3/p+1. The summed E-state index contributed by atoms with van der Waals surface area (Å²) in [6.07, 6.45) is 1.23. The van der Waals surface area contributed by atoms with E-state index in [1.807, 2.05) is 0 Å². The minimum Gasteiger partial charge on any atom is -0.384 e. The summed E-state index contributed by atoms with van der Waals surface area (Å²) < 4.78 is 0. The Morgan fingerprint density at radius 1 is 1.22 bits per heavy atom. The molecule has 0 aromatic heterocycles. The molecule has 0 spiro atoms. The topological polar surface area (TPSA) is 45.0 Å². The molecule has 0 aliphatic carbocycles. The van der Waals surface area contributed by atoms with Crippen molar-refractivity contribution in [3.05, 3.63) is 33.8 Å². The minimum absolute atomic E-state index is 0.0548. The third-order valence-electron chi connectivity index (χ3n) is 4.73. The van der Waals surface area contributed by atoms with Gasteiger partial charge in [0.2, 0.25) is 0 Å². The molecule has 6 heteroatoms. The van der Waals surface area contributed by atoms with Gasteiger partial charge in [-0.05, 0) is 44.9 Å². The van der Waals surface area contributed by atoms with Gasteiger partial charge in [-0.25, -0.2) is 0 Å². The van der Waals surface area contributed by atoms with Crippen molar-refractivity contribution in [1.82, 2.24) is 4.90 Å². The van der Waals surface area contributed by atoms with Crippen LogP contribution in [0.25, 0.3) is 0 Å². The number of amides is 1. The number of nitrogens with zero attached hydrogens (tertiary/aromatic N) is 1. The average Bonchev–Trinajstić information content (AvgIpc) is 2.55.